The zero-order valence-corrected chi connectivity index (χ0v) is 20.4. The first-order valence-electron chi connectivity index (χ1n) is 10.9. The van der Waals surface area contributed by atoms with Gasteiger partial charge in [-0.05, 0) is 78.2 Å². The Bertz CT molecular complexity index is 1150. The van der Waals surface area contributed by atoms with Crippen LogP contribution in [-0.4, -0.2) is 23.0 Å². The minimum atomic E-state index is -0.860. The lowest BCUT2D eigenvalue weighted by molar-refractivity contribution is -0.0426. The fourth-order valence-corrected chi connectivity index (χ4v) is 3.74. The van der Waals surface area contributed by atoms with Gasteiger partial charge in [0.05, 0.1) is 9.86 Å². The van der Waals surface area contributed by atoms with Crippen molar-refractivity contribution in [1.82, 2.24) is 9.88 Å². The number of fused-ring (bicyclic) bond motifs is 1. The first-order chi connectivity index (χ1) is 15.7. The number of carbonyl (C=O) groups excluding carboxylic acids is 1. The number of alkyl carbamates (subject to hydrolysis) is 1. The van der Waals surface area contributed by atoms with E-state index in [1.54, 1.807) is 30.7 Å². The highest BCUT2D eigenvalue weighted by molar-refractivity contribution is 9.10. The van der Waals surface area contributed by atoms with Crippen molar-refractivity contribution in [2.24, 2.45) is 0 Å². The molecule has 176 valence electrons. The number of unbranched alkanes of at least 4 members (excludes halogenated alkanes) is 2. The SMILES string of the molecule is CC(C)(NC(=O)OCc1ccccc1)OCCCCCn1ccc2cc(Br)c(F)cc2c1=O. The molecule has 0 saturated carbocycles. The number of halogens is 2. The molecule has 0 saturated heterocycles. The van der Waals surface area contributed by atoms with Crippen LogP contribution in [-0.2, 0) is 22.6 Å². The second-order valence-electron chi connectivity index (χ2n) is 8.27. The van der Waals surface area contributed by atoms with Crippen LogP contribution in [0.3, 0.4) is 0 Å². The Kier molecular flexibility index (Phi) is 8.63. The van der Waals surface area contributed by atoms with Gasteiger partial charge in [0.1, 0.15) is 18.1 Å². The van der Waals surface area contributed by atoms with E-state index < -0.39 is 17.6 Å². The van der Waals surface area contributed by atoms with Crippen LogP contribution in [0.5, 0.6) is 0 Å². The summed E-state index contributed by atoms with van der Waals surface area (Å²) in [6.45, 7) is 4.73. The highest BCUT2D eigenvalue weighted by Crippen LogP contribution is 2.21. The van der Waals surface area contributed by atoms with Crippen LogP contribution in [0, 0.1) is 5.82 Å². The van der Waals surface area contributed by atoms with Gasteiger partial charge in [-0.3, -0.25) is 10.1 Å². The van der Waals surface area contributed by atoms with Gasteiger partial charge in [0, 0.05) is 19.3 Å². The Hall–Kier alpha value is -2.71. The van der Waals surface area contributed by atoms with Crippen molar-refractivity contribution >= 4 is 32.8 Å². The van der Waals surface area contributed by atoms with E-state index >= 15 is 0 Å². The summed E-state index contributed by atoms with van der Waals surface area (Å²) in [6, 6.07) is 14.2. The van der Waals surface area contributed by atoms with E-state index in [0.717, 1.165) is 24.8 Å². The summed E-state index contributed by atoms with van der Waals surface area (Å²) < 4.78 is 26.8. The molecule has 2 aromatic carbocycles. The average molecular weight is 519 g/mol. The molecule has 33 heavy (non-hydrogen) atoms. The molecule has 0 spiro atoms. The van der Waals surface area contributed by atoms with Gasteiger partial charge in [-0.1, -0.05) is 30.3 Å². The number of hydrogen-bond donors (Lipinski definition) is 1. The zero-order valence-electron chi connectivity index (χ0n) is 18.8. The Labute approximate surface area is 200 Å². The van der Waals surface area contributed by atoms with E-state index in [0.29, 0.717) is 28.4 Å². The number of rotatable bonds is 10. The molecule has 0 bridgehead atoms. The number of carbonyl (C=O) groups is 1. The summed E-state index contributed by atoms with van der Waals surface area (Å²) in [5.74, 6) is -0.449. The average Bonchev–Trinajstić information content (AvgIpc) is 2.78. The number of nitrogens with one attached hydrogen (secondary N) is 1. The van der Waals surface area contributed by atoms with Gasteiger partial charge in [-0.2, -0.15) is 0 Å². The topological polar surface area (TPSA) is 69.6 Å². The minimum absolute atomic E-state index is 0.195. The van der Waals surface area contributed by atoms with Crippen LogP contribution in [0.15, 0.2) is 64.0 Å². The summed E-state index contributed by atoms with van der Waals surface area (Å²) in [6.07, 6.45) is 3.59. The second kappa shape index (κ2) is 11.4. The number of aryl methyl sites for hydroxylation is 1. The molecule has 0 aliphatic carbocycles. The first-order valence-corrected chi connectivity index (χ1v) is 11.7. The second-order valence-corrected chi connectivity index (χ2v) is 9.13. The van der Waals surface area contributed by atoms with E-state index in [1.165, 1.54) is 6.07 Å². The molecule has 0 aliphatic rings. The fraction of sp³-hybridized carbons (Fsp3) is 0.360. The van der Waals surface area contributed by atoms with Crippen LogP contribution in [0.1, 0.15) is 38.7 Å². The van der Waals surface area contributed by atoms with Crippen LogP contribution in [0.25, 0.3) is 10.8 Å². The van der Waals surface area contributed by atoms with E-state index in [9.17, 15) is 14.0 Å². The highest BCUT2D eigenvalue weighted by Gasteiger charge is 2.21. The molecule has 0 aliphatic heterocycles. The molecule has 0 fully saturated rings. The van der Waals surface area contributed by atoms with Gasteiger partial charge in [0.15, 0.2) is 0 Å². The number of aromatic nitrogens is 1. The molecule has 1 N–H and O–H groups in total. The van der Waals surface area contributed by atoms with Crippen molar-refractivity contribution in [3.8, 4) is 0 Å². The summed E-state index contributed by atoms with van der Waals surface area (Å²) in [4.78, 5) is 24.6. The van der Waals surface area contributed by atoms with E-state index in [1.807, 2.05) is 36.4 Å². The number of amides is 1. The molecular formula is C25H28BrFN2O4. The maximum atomic E-state index is 13.8. The van der Waals surface area contributed by atoms with Gasteiger partial charge in [-0.25, -0.2) is 9.18 Å². The summed E-state index contributed by atoms with van der Waals surface area (Å²) in [5, 5.41) is 3.79. The first kappa shape index (κ1) is 24.9. The van der Waals surface area contributed by atoms with Crippen LogP contribution >= 0.6 is 15.9 Å². The zero-order chi connectivity index (χ0) is 23.8. The molecule has 0 unspecified atom stereocenters. The maximum absolute atomic E-state index is 13.8. The smallest absolute Gasteiger partial charge is 0.409 e. The largest absolute Gasteiger partial charge is 0.445 e. The Morgan fingerprint density at radius 1 is 1.12 bits per heavy atom. The molecule has 1 heterocycles. The van der Waals surface area contributed by atoms with Crippen molar-refractivity contribution in [3.63, 3.8) is 0 Å². The van der Waals surface area contributed by atoms with Crippen molar-refractivity contribution in [2.75, 3.05) is 6.61 Å². The third kappa shape index (κ3) is 7.40. The van der Waals surface area contributed by atoms with E-state index in [-0.39, 0.29) is 12.2 Å². The predicted molar refractivity (Wildman–Crippen MR) is 130 cm³/mol. The quantitative estimate of drug-likeness (QED) is 0.274. The monoisotopic (exact) mass is 518 g/mol. The van der Waals surface area contributed by atoms with E-state index in [4.69, 9.17) is 9.47 Å². The van der Waals surface area contributed by atoms with Gasteiger partial charge < -0.3 is 14.0 Å². The standard InChI is InChI=1S/C25H28BrFN2O4/c1-25(2,28-24(31)32-17-18-9-5-3-6-10-18)33-14-8-4-7-12-29-13-11-19-15-21(26)22(27)16-20(19)23(29)30/h3,5-6,9-11,13,15-16H,4,7-8,12,14,17H2,1-2H3,(H,28,31). The molecular weight excluding hydrogens is 491 g/mol. The summed E-state index contributed by atoms with van der Waals surface area (Å²) in [5.41, 5.74) is -0.147. The van der Waals surface area contributed by atoms with Gasteiger partial charge in [0.25, 0.3) is 5.56 Å². The third-order valence-corrected chi connectivity index (χ3v) is 5.75. The number of benzene rings is 2. The number of nitrogens with zero attached hydrogens (tertiary/aromatic N) is 1. The summed E-state index contributed by atoms with van der Waals surface area (Å²) >= 11 is 3.14. The van der Waals surface area contributed by atoms with Gasteiger partial charge in [0.2, 0.25) is 0 Å². The van der Waals surface area contributed by atoms with Crippen LogP contribution < -0.4 is 10.9 Å². The van der Waals surface area contributed by atoms with Crippen molar-refractivity contribution < 1.29 is 18.7 Å². The minimum Gasteiger partial charge on any atom is -0.445 e. The fourth-order valence-electron chi connectivity index (χ4n) is 3.38. The molecule has 8 heteroatoms. The number of pyridine rings is 1. The number of hydrogen-bond acceptors (Lipinski definition) is 4. The van der Waals surface area contributed by atoms with Crippen LogP contribution in [0.4, 0.5) is 9.18 Å². The van der Waals surface area contributed by atoms with Crippen LogP contribution in [0.2, 0.25) is 0 Å². The molecule has 6 nitrogen and oxygen atoms in total. The van der Waals surface area contributed by atoms with Crippen molar-refractivity contribution in [1.29, 1.82) is 0 Å². The lowest BCUT2D eigenvalue weighted by Crippen LogP contribution is -2.46. The molecule has 3 rings (SSSR count). The third-order valence-electron chi connectivity index (χ3n) is 5.14. The normalized spacial score (nSPS) is 11.5. The van der Waals surface area contributed by atoms with Crippen molar-refractivity contribution in [2.45, 2.75) is 52.0 Å². The lowest BCUT2D eigenvalue weighted by atomic mass is 10.1. The van der Waals surface area contributed by atoms with Gasteiger partial charge >= 0.3 is 6.09 Å². The molecule has 0 radical (unpaired) electrons. The molecule has 3 aromatic rings. The van der Waals surface area contributed by atoms with E-state index in [2.05, 4.69) is 21.2 Å². The lowest BCUT2D eigenvalue weighted by Gasteiger charge is -2.26. The number of ether oxygens (including phenoxy) is 2. The van der Waals surface area contributed by atoms with Gasteiger partial charge in [-0.15, -0.1) is 0 Å². The molecule has 0 atom stereocenters. The summed E-state index contributed by atoms with van der Waals surface area (Å²) in [7, 11) is 0. The Balaban J connectivity index is 1.37. The molecule has 1 aromatic heterocycles. The Morgan fingerprint density at radius 3 is 2.64 bits per heavy atom. The molecule has 1 amide bonds. The Morgan fingerprint density at radius 2 is 1.88 bits per heavy atom. The maximum Gasteiger partial charge on any atom is 0.409 e. The highest BCUT2D eigenvalue weighted by atomic mass is 79.9. The predicted octanol–water partition coefficient (Wildman–Crippen LogP) is 5.75. The van der Waals surface area contributed by atoms with Crippen molar-refractivity contribution in [3.05, 3.63) is 80.9 Å².